The van der Waals surface area contributed by atoms with Crippen LogP contribution < -0.4 is 5.32 Å². The highest BCUT2D eigenvalue weighted by atomic mass is 16.2. The van der Waals surface area contributed by atoms with Crippen molar-refractivity contribution in [3.05, 3.63) is 29.8 Å². The fraction of sp³-hybridized carbons (Fsp3) is 0.579. The van der Waals surface area contributed by atoms with Crippen molar-refractivity contribution in [2.75, 3.05) is 32.5 Å². The van der Waals surface area contributed by atoms with Crippen LogP contribution in [-0.2, 0) is 15.0 Å². The van der Waals surface area contributed by atoms with Crippen LogP contribution in [0.4, 0.5) is 5.69 Å². The van der Waals surface area contributed by atoms with Gasteiger partial charge in [-0.15, -0.1) is 0 Å². The minimum absolute atomic E-state index is 0.0622. The number of benzene rings is 1. The van der Waals surface area contributed by atoms with Gasteiger partial charge in [-0.05, 0) is 56.1 Å². The van der Waals surface area contributed by atoms with E-state index in [0.29, 0.717) is 5.69 Å². The molecular weight excluding hydrogens is 302 g/mol. The molecule has 2 rings (SSSR count). The van der Waals surface area contributed by atoms with E-state index in [1.165, 1.54) is 5.56 Å². The molecule has 0 aromatic heterocycles. The van der Waals surface area contributed by atoms with E-state index >= 15 is 0 Å². The second-order valence-electron chi connectivity index (χ2n) is 7.73. The molecule has 1 aromatic carbocycles. The molecule has 2 amide bonds. The summed E-state index contributed by atoms with van der Waals surface area (Å²) in [5, 5.41) is 2.71. The third-order valence-electron chi connectivity index (χ3n) is 4.76. The first-order chi connectivity index (χ1) is 11.2. The smallest absolute Gasteiger partial charge is 0.313 e. The molecule has 1 N–H and O–H groups in total. The van der Waals surface area contributed by atoms with Crippen molar-refractivity contribution in [2.24, 2.45) is 0 Å². The predicted molar refractivity (Wildman–Crippen MR) is 97.1 cm³/mol. The molecule has 24 heavy (non-hydrogen) atoms. The summed E-state index contributed by atoms with van der Waals surface area (Å²) in [7, 11) is 3.80. The maximum Gasteiger partial charge on any atom is 0.313 e. The van der Waals surface area contributed by atoms with Gasteiger partial charge in [0.1, 0.15) is 0 Å². The van der Waals surface area contributed by atoms with E-state index in [9.17, 15) is 9.59 Å². The minimum Gasteiger partial charge on any atom is -0.334 e. The Balaban J connectivity index is 1.95. The Morgan fingerprint density at radius 3 is 2.17 bits per heavy atom. The second kappa shape index (κ2) is 7.34. The third-order valence-corrected chi connectivity index (χ3v) is 4.76. The number of anilines is 1. The van der Waals surface area contributed by atoms with Gasteiger partial charge in [0.2, 0.25) is 0 Å². The molecule has 0 aliphatic carbocycles. The fourth-order valence-corrected chi connectivity index (χ4v) is 2.95. The van der Waals surface area contributed by atoms with Gasteiger partial charge in [0.25, 0.3) is 0 Å². The monoisotopic (exact) mass is 331 g/mol. The summed E-state index contributed by atoms with van der Waals surface area (Å²) in [6, 6.07) is 7.81. The number of likely N-dealkylation sites (tertiary alicyclic amines) is 1. The quantitative estimate of drug-likeness (QED) is 0.847. The van der Waals surface area contributed by atoms with E-state index in [2.05, 4.69) is 38.0 Å². The maximum atomic E-state index is 12.4. The molecule has 5 nitrogen and oxygen atoms in total. The zero-order valence-electron chi connectivity index (χ0n) is 15.4. The molecule has 1 aliphatic rings. The molecule has 0 bridgehead atoms. The van der Waals surface area contributed by atoms with E-state index in [-0.39, 0.29) is 11.5 Å². The standard InChI is InChI=1S/C19H29N3O2/c1-19(2,3)14-6-8-15(9-7-14)20-17(23)18(24)22(5)16-10-12-21(4)13-11-16/h6-9,16H,10-13H2,1-5H3,(H,20,23). The van der Waals surface area contributed by atoms with Crippen LogP contribution in [0, 0.1) is 0 Å². The van der Waals surface area contributed by atoms with Gasteiger partial charge in [-0.25, -0.2) is 0 Å². The molecule has 1 aliphatic heterocycles. The van der Waals surface area contributed by atoms with Crippen molar-refractivity contribution < 1.29 is 9.59 Å². The summed E-state index contributed by atoms with van der Waals surface area (Å²) in [5.41, 5.74) is 1.90. The van der Waals surface area contributed by atoms with Crippen molar-refractivity contribution in [2.45, 2.75) is 45.1 Å². The minimum atomic E-state index is -0.570. The number of hydrogen-bond donors (Lipinski definition) is 1. The summed E-state index contributed by atoms with van der Waals surface area (Å²) in [5.74, 6) is -1.04. The first kappa shape index (κ1) is 18.5. The summed E-state index contributed by atoms with van der Waals surface area (Å²) >= 11 is 0. The molecule has 1 heterocycles. The average Bonchev–Trinajstić information content (AvgIpc) is 2.54. The van der Waals surface area contributed by atoms with Gasteiger partial charge < -0.3 is 15.1 Å². The second-order valence-corrected chi connectivity index (χ2v) is 7.73. The summed E-state index contributed by atoms with van der Waals surface area (Å²) in [4.78, 5) is 28.4. The van der Waals surface area contributed by atoms with Crippen LogP contribution in [0.15, 0.2) is 24.3 Å². The van der Waals surface area contributed by atoms with Gasteiger partial charge >= 0.3 is 11.8 Å². The number of carbonyl (C=O) groups excluding carboxylic acids is 2. The lowest BCUT2D eigenvalue weighted by atomic mass is 9.87. The Bertz CT molecular complexity index is 582. The van der Waals surface area contributed by atoms with Crippen LogP contribution in [0.5, 0.6) is 0 Å². The maximum absolute atomic E-state index is 12.4. The largest absolute Gasteiger partial charge is 0.334 e. The van der Waals surface area contributed by atoms with Crippen LogP contribution in [-0.4, -0.2) is 54.8 Å². The fourth-order valence-electron chi connectivity index (χ4n) is 2.95. The zero-order valence-corrected chi connectivity index (χ0v) is 15.4. The highest BCUT2D eigenvalue weighted by Crippen LogP contribution is 2.23. The molecule has 132 valence electrons. The lowest BCUT2D eigenvalue weighted by Gasteiger charge is -2.34. The van der Waals surface area contributed by atoms with E-state index in [4.69, 9.17) is 0 Å². The van der Waals surface area contributed by atoms with Gasteiger partial charge in [0.15, 0.2) is 0 Å². The molecule has 0 spiro atoms. The van der Waals surface area contributed by atoms with Gasteiger partial charge in [-0.3, -0.25) is 9.59 Å². The Kier molecular flexibility index (Phi) is 5.65. The number of piperidine rings is 1. The van der Waals surface area contributed by atoms with Crippen molar-refractivity contribution in [3.63, 3.8) is 0 Å². The molecular formula is C19H29N3O2. The van der Waals surface area contributed by atoms with Crippen molar-refractivity contribution in [3.8, 4) is 0 Å². The van der Waals surface area contributed by atoms with Crippen molar-refractivity contribution in [1.82, 2.24) is 9.80 Å². The Morgan fingerprint density at radius 1 is 1.12 bits per heavy atom. The number of likely N-dealkylation sites (N-methyl/N-ethyl adjacent to an activating group) is 1. The van der Waals surface area contributed by atoms with Gasteiger partial charge in [-0.1, -0.05) is 32.9 Å². The zero-order chi connectivity index (χ0) is 17.9. The van der Waals surface area contributed by atoms with Crippen LogP contribution in [0.3, 0.4) is 0 Å². The summed E-state index contributed by atoms with van der Waals surface area (Å²) < 4.78 is 0. The van der Waals surface area contributed by atoms with Crippen LogP contribution in [0.2, 0.25) is 0 Å². The number of nitrogens with zero attached hydrogens (tertiary/aromatic N) is 2. The van der Waals surface area contributed by atoms with Gasteiger partial charge in [0, 0.05) is 18.8 Å². The van der Waals surface area contributed by atoms with E-state index in [0.717, 1.165) is 25.9 Å². The topological polar surface area (TPSA) is 52.7 Å². The molecule has 1 fully saturated rings. The third kappa shape index (κ3) is 4.57. The normalized spacial score (nSPS) is 16.7. The highest BCUT2D eigenvalue weighted by molar-refractivity contribution is 6.39. The molecule has 0 atom stereocenters. The molecule has 0 unspecified atom stereocenters. The van der Waals surface area contributed by atoms with Crippen LogP contribution in [0.25, 0.3) is 0 Å². The number of nitrogens with one attached hydrogen (secondary N) is 1. The predicted octanol–water partition coefficient (Wildman–Crippen LogP) is 2.48. The van der Waals surface area contributed by atoms with Gasteiger partial charge in [-0.2, -0.15) is 0 Å². The summed E-state index contributed by atoms with van der Waals surface area (Å²) in [6.07, 6.45) is 1.82. The molecule has 1 saturated heterocycles. The Hall–Kier alpha value is -1.88. The van der Waals surface area contributed by atoms with E-state index in [1.807, 2.05) is 24.3 Å². The molecule has 5 heteroatoms. The van der Waals surface area contributed by atoms with E-state index < -0.39 is 11.8 Å². The lowest BCUT2D eigenvalue weighted by Crippen LogP contribution is -2.47. The lowest BCUT2D eigenvalue weighted by molar-refractivity contribution is -0.144. The van der Waals surface area contributed by atoms with Crippen LogP contribution >= 0.6 is 0 Å². The van der Waals surface area contributed by atoms with Crippen LogP contribution in [0.1, 0.15) is 39.2 Å². The first-order valence-electron chi connectivity index (χ1n) is 8.55. The Labute approximate surface area is 145 Å². The molecule has 1 aromatic rings. The number of rotatable bonds is 2. The highest BCUT2D eigenvalue weighted by Gasteiger charge is 2.27. The van der Waals surface area contributed by atoms with Gasteiger partial charge in [0.05, 0.1) is 0 Å². The van der Waals surface area contributed by atoms with Crippen molar-refractivity contribution >= 4 is 17.5 Å². The number of carbonyl (C=O) groups is 2. The molecule has 0 saturated carbocycles. The molecule has 0 radical (unpaired) electrons. The average molecular weight is 331 g/mol. The first-order valence-corrected chi connectivity index (χ1v) is 8.55. The number of hydrogen-bond acceptors (Lipinski definition) is 3. The summed E-state index contributed by atoms with van der Waals surface area (Å²) in [6.45, 7) is 8.33. The SMILES string of the molecule is CN1CCC(N(C)C(=O)C(=O)Nc2ccc(C(C)(C)C)cc2)CC1. The Morgan fingerprint density at radius 2 is 1.67 bits per heavy atom. The van der Waals surface area contributed by atoms with Crippen molar-refractivity contribution in [1.29, 1.82) is 0 Å². The van der Waals surface area contributed by atoms with E-state index in [1.54, 1.807) is 11.9 Å². The number of amides is 2.